The molecule has 0 aromatic heterocycles. The molecular formula is C15H22N2O4S. The fourth-order valence-corrected chi connectivity index (χ4v) is 4.36. The highest BCUT2D eigenvalue weighted by molar-refractivity contribution is 7.93. The number of ether oxygens (including phenoxy) is 1. The lowest BCUT2D eigenvalue weighted by Gasteiger charge is -2.17. The molecule has 2 unspecified atom stereocenters. The standard InChI is InChI=1S/C15H22N2O4S/c1-9-5-10(2)14(11(3)6-9)17-22(19,20)12-7-13(16-8-12)15(18)21-4/h5-6,12-13,16-17H,7-8H2,1-4H3. The van der Waals surface area contributed by atoms with Crippen LogP contribution < -0.4 is 10.0 Å². The SMILES string of the molecule is COC(=O)C1CC(S(=O)(=O)Nc2c(C)cc(C)cc2C)CN1. The number of rotatable bonds is 4. The van der Waals surface area contributed by atoms with E-state index in [-0.39, 0.29) is 13.0 Å². The monoisotopic (exact) mass is 326 g/mol. The third kappa shape index (κ3) is 3.41. The van der Waals surface area contributed by atoms with Crippen molar-refractivity contribution >= 4 is 21.7 Å². The number of nitrogens with one attached hydrogen (secondary N) is 2. The van der Waals surface area contributed by atoms with Crippen LogP contribution in [0.25, 0.3) is 0 Å². The van der Waals surface area contributed by atoms with E-state index in [1.807, 2.05) is 32.9 Å². The van der Waals surface area contributed by atoms with Crippen LogP contribution in [0.15, 0.2) is 12.1 Å². The van der Waals surface area contributed by atoms with Crippen LogP contribution >= 0.6 is 0 Å². The van der Waals surface area contributed by atoms with Gasteiger partial charge < -0.3 is 10.1 Å². The molecule has 1 saturated heterocycles. The summed E-state index contributed by atoms with van der Waals surface area (Å²) < 4.78 is 32.4. The van der Waals surface area contributed by atoms with Crippen LogP contribution in [0.3, 0.4) is 0 Å². The zero-order chi connectivity index (χ0) is 16.5. The highest BCUT2D eigenvalue weighted by atomic mass is 32.2. The number of benzene rings is 1. The van der Waals surface area contributed by atoms with Gasteiger partial charge in [-0.3, -0.25) is 9.52 Å². The quantitative estimate of drug-likeness (QED) is 0.814. The van der Waals surface area contributed by atoms with Gasteiger partial charge in [0.1, 0.15) is 6.04 Å². The second-order valence-corrected chi connectivity index (χ2v) is 7.72. The highest BCUT2D eigenvalue weighted by Crippen LogP contribution is 2.25. The summed E-state index contributed by atoms with van der Waals surface area (Å²) in [5.74, 6) is -0.430. The molecule has 2 atom stereocenters. The summed E-state index contributed by atoms with van der Waals surface area (Å²) in [5.41, 5.74) is 3.48. The number of carbonyl (C=O) groups excluding carboxylic acids is 1. The van der Waals surface area contributed by atoms with Crippen molar-refractivity contribution in [1.82, 2.24) is 5.32 Å². The minimum Gasteiger partial charge on any atom is -0.468 e. The normalized spacial score (nSPS) is 21.6. The number of carbonyl (C=O) groups is 1. The van der Waals surface area contributed by atoms with Gasteiger partial charge in [0.2, 0.25) is 10.0 Å². The molecule has 2 rings (SSSR count). The molecule has 2 N–H and O–H groups in total. The van der Waals surface area contributed by atoms with Crippen LogP contribution in [0.2, 0.25) is 0 Å². The van der Waals surface area contributed by atoms with E-state index in [1.54, 1.807) is 0 Å². The first-order valence-electron chi connectivity index (χ1n) is 7.15. The van der Waals surface area contributed by atoms with Crippen molar-refractivity contribution in [2.45, 2.75) is 38.5 Å². The molecule has 0 saturated carbocycles. The molecule has 7 heteroatoms. The first-order valence-corrected chi connectivity index (χ1v) is 8.70. The molecule has 0 spiro atoms. The van der Waals surface area contributed by atoms with E-state index in [9.17, 15) is 13.2 Å². The van der Waals surface area contributed by atoms with E-state index in [0.717, 1.165) is 16.7 Å². The van der Waals surface area contributed by atoms with Crippen LogP contribution in [-0.4, -0.2) is 39.3 Å². The molecule has 1 aliphatic heterocycles. The Labute approximate surface area is 131 Å². The van der Waals surface area contributed by atoms with Gasteiger partial charge in [-0.2, -0.15) is 0 Å². The Morgan fingerprint density at radius 3 is 2.41 bits per heavy atom. The van der Waals surface area contributed by atoms with Crippen molar-refractivity contribution in [3.63, 3.8) is 0 Å². The predicted molar refractivity (Wildman–Crippen MR) is 85.4 cm³/mol. The smallest absolute Gasteiger partial charge is 0.322 e. The Morgan fingerprint density at radius 1 is 1.27 bits per heavy atom. The Hall–Kier alpha value is -1.60. The van der Waals surface area contributed by atoms with Gasteiger partial charge in [0, 0.05) is 6.54 Å². The molecule has 1 heterocycles. The van der Waals surface area contributed by atoms with E-state index in [4.69, 9.17) is 0 Å². The zero-order valence-electron chi connectivity index (χ0n) is 13.3. The van der Waals surface area contributed by atoms with Crippen molar-refractivity contribution in [2.24, 2.45) is 0 Å². The zero-order valence-corrected chi connectivity index (χ0v) is 14.1. The number of sulfonamides is 1. The number of esters is 1. The molecule has 0 radical (unpaired) electrons. The minimum absolute atomic E-state index is 0.214. The Kier molecular flexibility index (Phi) is 4.77. The van der Waals surface area contributed by atoms with Gasteiger partial charge in [-0.15, -0.1) is 0 Å². The molecule has 0 aliphatic carbocycles. The number of hydrogen-bond donors (Lipinski definition) is 2. The van der Waals surface area contributed by atoms with Gasteiger partial charge in [0.15, 0.2) is 0 Å². The molecule has 0 amide bonds. The van der Waals surface area contributed by atoms with Gasteiger partial charge in [-0.1, -0.05) is 17.7 Å². The largest absolute Gasteiger partial charge is 0.468 e. The van der Waals surface area contributed by atoms with Gasteiger partial charge in [0.25, 0.3) is 0 Å². The maximum Gasteiger partial charge on any atom is 0.322 e. The van der Waals surface area contributed by atoms with Crippen LogP contribution in [-0.2, 0) is 19.6 Å². The average molecular weight is 326 g/mol. The first kappa shape index (κ1) is 16.8. The molecule has 1 aromatic carbocycles. The van der Waals surface area contributed by atoms with Crippen LogP contribution in [0, 0.1) is 20.8 Å². The number of methoxy groups -OCH3 is 1. The maximum absolute atomic E-state index is 12.5. The minimum atomic E-state index is -3.57. The van der Waals surface area contributed by atoms with Crippen LogP contribution in [0.5, 0.6) is 0 Å². The fourth-order valence-electron chi connectivity index (χ4n) is 2.83. The van der Waals surface area contributed by atoms with E-state index in [2.05, 4.69) is 14.8 Å². The van der Waals surface area contributed by atoms with E-state index < -0.39 is 27.3 Å². The van der Waals surface area contributed by atoms with Gasteiger partial charge in [-0.05, 0) is 38.3 Å². The van der Waals surface area contributed by atoms with Crippen LogP contribution in [0.1, 0.15) is 23.1 Å². The Bertz CT molecular complexity index is 662. The lowest BCUT2D eigenvalue weighted by molar-refractivity contribution is -0.142. The van der Waals surface area contributed by atoms with E-state index >= 15 is 0 Å². The molecule has 1 aliphatic rings. The molecule has 0 bridgehead atoms. The molecule has 22 heavy (non-hydrogen) atoms. The summed E-state index contributed by atoms with van der Waals surface area (Å²) in [5, 5.41) is 2.24. The second kappa shape index (κ2) is 6.26. The third-order valence-electron chi connectivity index (χ3n) is 3.94. The van der Waals surface area contributed by atoms with Gasteiger partial charge >= 0.3 is 5.97 Å². The molecule has 122 valence electrons. The van der Waals surface area contributed by atoms with Crippen molar-refractivity contribution in [1.29, 1.82) is 0 Å². The Morgan fingerprint density at radius 2 is 1.86 bits per heavy atom. The predicted octanol–water partition coefficient (Wildman–Crippen LogP) is 1.26. The van der Waals surface area contributed by atoms with Gasteiger partial charge in [0.05, 0.1) is 18.0 Å². The summed E-state index contributed by atoms with van der Waals surface area (Å²) in [7, 11) is -2.27. The number of hydrogen-bond acceptors (Lipinski definition) is 5. The average Bonchev–Trinajstić information content (AvgIpc) is 2.92. The highest BCUT2D eigenvalue weighted by Gasteiger charge is 2.38. The van der Waals surface area contributed by atoms with Crippen molar-refractivity contribution in [2.75, 3.05) is 18.4 Å². The Balaban J connectivity index is 2.18. The van der Waals surface area contributed by atoms with Gasteiger partial charge in [-0.25, -0.2) is 8.42 Å². The topological polar surface area (TPSA) is 84.5 Å². The number of aryl methyl sites for hydroxylation is 3. The molecular weight excluding hydrogens is 304 g/mol. The summed E-state index contributed by atoms with van der Waals surface area (Å²) in [6.07, 6.45) is 0.214. The summed E-state index contributed by atoms with van der Waals surface area (Å²) >= 11 is 0. The molecule has 1 fully saturated rings. The van der Waals surface area contributed by atoms with E-state index in [0.29, 0.717) is 5.69 Å². The first-order chi connectivity index (χ1) is 10.2. The molecule has 6 nitrogen and oxygen atoms in total. The van der Waals surface area contributed by atoms with Crippen LogP contribution in [0.4, 0.5) is 5.69 Å². The second-order valence-electron chi connectivity index (χ2n) is 5.76. The number of anilines is 1. The van der Waals surface area contributed by atoms with E-state index in [1.165, 1.54) is 7.11 Å². The summed E-state index contributed by atoms with van der Waals surface area (Å²) in [6, 6.07) is 3.32. The van der Waals surface area contributed by atoms with Crippen molar-refractivity contribution < 1.29 is 17.9 Å². The third-order valence-corrected chi connectivity index (χ3v) is 5.66. The lowest BCUT2D eigenvalue weighted by Crippen LogP contribution is -2.31. The fraction of sp³-hybridized carbons (Fsp3) is 0.533. The molecule has 1 aromatic rings. The van der Waals surface area contributed by atoms with Crippen molar-refractivity contribution in [3.05, 3.63) is 28.8 Å². The lowest BCUT2D eigenvalue weighted by atomic mass is 10.1. The van der Waals surface area contributed by atoms with Crippen molar-refractivity contribution in [3.8, 4) is 0 Å². The summed E-state index contributed by atoms with van der Waals surface area (Å²) in [4.78, 5) is 11.5. The maximum atomic E-state index is 12.5. The summed E-state index contributed by atoms with van der Waals surface area (Å²) in [6.45, 7) is 5.96.